The van der Waals surface area contributed by atoms with E-state index in [4.69, 9.17) is 11.6 Å². The summed E-state index contributed by atoms with van der Waals surface area (Å²) < 4.78 is 0. The van der Waals surface area contributed by atoms with Crippen molar-refractivity contribution in [2.24, 2.45) is 5.92 Å². The van der Waals surface area contributed by atoms with E-state index in [2.05, 4.69) is 65.7 Å². The van der Waals surface area contributed by atoms with Crippen molar-refractivity contribution in [3.8, 4) is 0 Å². The third-order valence-corrected chi connectivity index (χ3v) is 8.75. The molecule has 1 aliphatic rings. The van der Waals surface area contributed by atoms with Gasteiger partial charge < -0.3 is 5.32 Å². The Morgan fingerprint density at radius 2 is 1.62 bits per heavy atom. The van der Waals surface area contributed by atoms with E-state index in [1.165, 1.54) is 21.6 Å². The summed E-state index contributed by atoms with van der Waals surface area (Å²) in [5, 5.41) is 4.93. The molecule has 1 N–H and O–H groups in total. The number of thiophene rings is 1. The summed E-state index contributed by atoms with van der Waals surface area (Å²) in [5.41, 5.74) is 4.48. The van der Waals surface area contributed by atoms with Crippen molar-refractivity contribution in [1.29, 1.82) is 0 Å². The zero-order valence-electron chi connectivity index (χ0n) is 21.2. The first-order valence-electron chi connectivity index (χ1n) is 13.1. The lowest BCUT2D eigenvalue weighted by atomic mass is 9.88. The molecule has 0 bridgehead atoms. The number of nitrogens with one attached hydrogen (secondary N) is 1. The highest BCUT2D eigenvalue weighted by molar-refractivity contribution is 7.16. The smallest absolute Gasteiger partial charge is 0.256 e. The van der Waals surface area contributed by atoms with Crippen LogP contribution in [0.15, 0.2) is 91.0 Å². The lowest BCUT2D eigenvalue weighted by molar-refractivity contribution is 0.102. The molecule has 1 aromatic heterocycles. The first-order chi connectivity index (χ1) is 18.1. The molecule has 5 rings (SSSR count). The molecule has 37 heavy (non-hydrogen) atoms. The number of hydrogen-bond donors (Lipinski definition) is 1. The first-order valence-corrected chi connectivity index (χ1v) is 14.3. The Bertz CT molecular complexity index is 1300. The summed E-state index contributed by atoms with van der Waals surface area (Å²) in [6.07, 6.45) is 4.40. The van der Waals surface area contributed by atoms with Gasteiger partial charge in [0.2, 0.25) is 0 Å². The van der Waals surface area contributed by atoms with E-state index in [1.54, 1.807) is 11.3 Å². The number of benzene rings is 3. The van der Waals surface area contributed by atoms with Crippen LogP contribution in [0.4, 0.5) is 5.00 Å². The van der Waals surface area contributed by atoms with Gasteiger partial charge in [-0.05, 0) is 86.1 Å². The molecule has 0 saturated carbocycles. The Labute approximate surface area is 229 Å². The topological polar surface area (TPSA) is 32.3 Å². The fourth-order valence-corrected chi connectivity index (χ4v) is 6.44. The van der Waals surface area contributed by atoms with E-state index >= 15 is 0 Å². The predicted molar refractivity (Wildman–Crippen MR) is 156 cm³/mol. The van der Waals surface area contributed by atoms with E-state index in [1.807, 2.05) is 42.5 Å². The van der Waals surface area contributed by atoms with Gasteiger partial charge in [0.25, 0.3) is 5.91 Å². The molecule has 1 atom stereocenters. The molecular formula is C32H33ClN2OS. The van der Waals surface area contributed by atoms with E-state index in [-0.39, 0.29) is 11.9 Å². The van der Waals surface area contributed by atoms with E-state index in [0.717, 1.165) is 48.8 Å². The molecule has 1 amide bonds. The van der Waals surface area contributed by atoms with E-state index in [9.17, 15) is 4.79 Å². The molecule has 3 nitrogen and oxygen atoms in total. The second kappa shape index (κ2) is 12.1. The van der Waals surface area contributed by atoms with Crippen molar-refractivity contribution >= 4 is 33.8 Å². The van der Waals surface area contributed by atoms with Gasteiger partial charge in [-0.2, -0.15) is 0 Å². The van der Waals surface area contributed by atoms with Crippen LogP contribution < -0.4 is 5.32 Å². The van der Waals surface area contributed by atoms with Gasteiger partial charge in [-0.25, -0.2) is 0 Å². The molecular weight excluding hydrogens is 496 g/mol. The Balaban J connectivity index is 1.42. The van der Waals surface area contributed by atoms with Crippen LogP contribution in [-0.4, -0.2) is 23.9 Å². The summed E-state index contributed by atoms with van der Waals surface area (Å²) in [4.78, 5) is 17.0. The Morgan fingerprint density at radius 3 is 2.27 bits per heavy atom. The number of amides is 1. The van der Waals surface area contributed by atoms with Crippen LogP contribution in [0.2, 0.25) is 5.02 Å². The van der Waals surface area contributed by atoms with Crippen molar-refractivity contribution in [3.05, 3.63) is 123 Å². The quantitative estimate of drug-likeness (QED) is 0.249. The molecule has 3 aromatic carbocycles. The SMILES string of the molecule is CCc1cc([C@H](c2ccc(Cl)cc2)N2CCC(Cc3ccccc3)CC2)c(NC(=O)c2ccccc2)s1. The molecule has 0 unspecified atom stereocenters. The van der Waals surface area contributed by atoms with Crippen LogP contribution in [0.1, 0.15) is 57.7 Å². The van der Waals surface area contributed by atoms with Crippen molar-refractivity contribution in [1.82, 2.24) is 4.90 Å². The average molecular weight is 529 g/mol. The number of halogens is 1. The summed E-state index contributed by atoms with van der Waals surface area (Å²) in [7, 11) is 0. The highest BCUT2D eigenvalue weighted by atomic mass is 35.5. The lowest BCUT2D eigenvalue weighted by Gasteiger charge is -2.38. The molecule has 190 valence electrons. The van der Waals surface area contributed by atoms with Gasteiger partial charge in [0.1, 0.15) is 5.00 Å². The van der Waals surface area contributed by atoms with Crippen molar-refractivity contribution in [2.75, 3.05) is 18.4 Å². The third kappa shape index (κ3) is 6.32. The first kappa shape index (κ1) is 25.7. The molecule has 5 heteroatoms. The van der Waals surface area contributed by atoms with Crippen LogP contribution in [0, 0.1) is 5.92 Å². The second-order valence-electron chi connectivity index (χ2n) is 9.79. The molecule has 1 saturated heterocycles. The van der Waals surface area contributed by atoms with E-state index < -0.39 is 0 Å². The van der Waals surface area contributed by atoms with Crippen LogP contribution in [0.3, 0.4) is 0 Å². The maximum atomic E-state index is 13.1. The Kier molecular flexibility index (Phi) is 8.40. The Hall–Kier alpha value is -2.92. The molecule has 0 aliphatic carbocycles. The normalized spacial score (nSPS) is 15.4. The second-order valence-corrected chi connectivity index (χ2v) is 11.4. The standard InChI is InChI=1S/C32H33ClN2OS/c1-2-28-22-29(32(37-28)34-31(36)26-11-7-4-8-12-26)30(25-13-15-27(33)16-14-25)35-19-17-24(18-20-35)21-23-9-5-3-6-10-23/h3-16,22,24,30H,2,17-21H2,1H3,(H,34,36)/t30-/m0/s1. The predicted octanol–water partition coefficient (Wildman–Crippen LogP) is 8.26. The van der Waals surface area contributed by atoms with Crippen LogP contribution in [0.5, 0.6) is 0 Å². The number of likely N-dealkylation sites (tertiary alicyclic amines) is 1. The van der Waals surface area contributed by atoms with Crippen molar-refractivity contribution < 1.29 is 4.79 Å². The van der Waals surface area contributed by atoms with Crippen molar-refractivity contribution in [2.45, 2.75) is 38.6 Å². The van der Waals surface area contributed by atoms with Gasteiger partial charge in [-0.3, -0.25) is 9.69 Å². The number of carbonyl (C=O) groups excluding carboxylic acids is 1. The van der Waals surface area contributed by atoms with Gasteiger partial charge in [-0.15, -0.1) is 11.3 Å². The molecule has 0 spiro atoms. The summed E-state index contributed by atoms with van der Waals surface area (Å²) >= 11 is 7.96. The number of anilines is 1. The number of piperidine rings is 1. The molecule has 0 radical (unpaired) electrons. The van der Waals surface area contributed by atoms with Gasteiger partial charge >= 0.3 is 0 Å². The van der Waals surface area contributed by atoms with Crippen LogP contribution in [-0.2, 0) is 12.8 Å². The molecule has 2 heterocycles. The Morgan fingerprint density at radius 1 is 0.973 bits per heavy atom. The number of nitrogens with zero attached hydrogens (tertiary/aromatic N) is 1. The lowest BCUT2D eigenvalue weighted by Crippen LogP contribution is -2.38. The highest BCUT2D eigenvalue weighted by Gasteiger charge is 2.30. The highest BCUT2D eigenvalue weighted by Crippen LogP contribution is 2.41. The molecule has 4 aromatic rings. The average Bonchev–Trinajstić information content (AvgIpc) is 3.34. The minimum Gasteiger partial charge on any atom is -0.313 e. The van der Waals surface area contributed by atoms with Crippen LogP contribution >= 0.6 is 22.9 Å². The minimum absolute atomic E-state index is 0.0669. The molecule has 1 fully saturated rings. The number of rotatable bonds is 8. The fraction of sp³-hybridized carbons (Fsp3) is 0.281. The summed E-state index contributed by atoms with van der Waals surface area (Å²) in [5.74, 6) is 0.623. The number of aryl methyl sites for hydroxylation is 1. The minimum atomic E-state index is -0.0669. The summed E-state index contributed by atoms with van der Waals surface area (Å²) in [6.45, 7) is 4.22. The molecule has 1 aliphatic heterocycles. The number of hydrogen-bond acceptors (Lipinski definition) is 3. The maximum absolute atomic E-state index is 13.1. The van der Waals surface area contributed by atoms with Gasteiger partial charge in [-0.1, -0.05) is 79.2 Å². The fourth-order valence-electron chi connectivity index (χ4n) is 5.29. The van der Waals surface area contributed by atoms with Gasteiger partial charge in [0, 0.05) is 21.0 Å². The largest absolute Gasteiger partial charge is 0.313 e. The van der Waals surface area contributed by atoms with E-state index in [0.29, 0.717) is 11.5 Å². The monoisotopic (exact) mass is 528 g/mol. The number of carbonyl (C=O) groups is 1. The maximum Gasteiger partial charge on any atom is 0.256 e. The summed E-state index contributed by atoms with van der Waals surface area (Å²) in [6, 6.07) is 30.9. The third-order valence-electron chi connectivity index (χ3n) is 7.29. The zero-order valence-corrected chi connectivity index (χ0v) is 22.8. The van der Waals surface area contributed by atoms with Gasteiger partial charge in [0.15, 0.2) is 0 Å². The zero-order chi connectivity index (χ0) is 25.6. The van der Waals surface area contributed by atoms with Crippen LogP contribution in [0.25, 0.3) is 0 Å². The van der Waals surface area contributed by atoms with Gasteiger partial charge in [0.05, 0.1) is 6.04 Å². The van der Waals surface area contributed by atoms with Crippen molar-refractivity contribution in [3.63, 3.8) is 0 Å².